The van der Waals surface area contributed by atoms with E-state index in [0.717, 1.165) is 6.61 Å². The highest BCUT2D eigenvalue weighted by Crippen LogP contribution is 2.06. The molecule has 0 bridgehead atoms. The van der Waals surface area contributed by atoms with Crippen molar-refractivity contribution in [2.24, 2.45) is 0 Å². The van der Waals surface area contributed by atoms with Gasteiger partial charge in [-0.2, -0.15) is 0 Å². The minimum atomic E-state index is -0.899. The van der Waals surface area contributed by atoms with Crippen molar-refractivity contribution in [2.75, 3.05) is 33.3 Å². The number of hydrogen-bond acceptors (Lipinski definition) is 4. The van der Waals surface area contributed by atoms with Gasteiger partial charge >= 0.3 is 0 Å². The van der Waals surface area contributed by atoms with E-state index in [-0.39, 0.29) is 0 Å². The molecule has 0 radical (unpaired) electrons. The Morgan fingerprint density at radius 2 is 1.40 bits per heavy atom. The molecule has 6 heteroatoms. The molecule has 0 aromatic heterocycles. The van der Waals surface area contributed by atoms with Crippen LogP contribution in [0.15, 0.2) is 0 Å². The fraction of sp³-hybridized carbons (Fsp3) is 1.00. The van der Waals surface area contributed by atoms with Crippen molar-refractivity contribution in [2.45, 2.75) is 25.7 Å². The van der Waals surface area contributed by atoms with Crippen molar-refractivity contribution in [3.8, 4) is 0 Å². The summed E-state index contributed by atoms with van der Waals surface area (Å²) >= 11 is 5.18. The molecule has 0 fully saturated rings. The molecule has 0 saturated heterocycles. The molecule has 0 spiro atoms. The van der Waals surface area contributed by atoms with Gasteiger partial charge in [0.05, 0.1) is 27.4 Å². The first kappa shape index (κ1) is 17.7. The van der Waals surface area contributed by atoms with Crippen molar-refractivity contribution in [3.63, 3.8) is 0 Å². The summed E-state index contributed by atoms with van der Waals surface area (Å²) in [6.45, 7) is 8.13. The van der Waals surface area contributed by atoms with Crippen LogP contribution in [0, 0.1) is 0 Å². The summed E-state index contributed by atoms with van der Waals surface area (Å²) in [6.07, 6.45) is 0. The van der Waals surface area contributed by atoms with Gasteiger partial charge in [-0.3, -0.25) is 0 Å². The molecule has 0 atom stereocenters. The number of hydrogen-bond donors (Lipinski definition) is 0. The van der Waals surface area contributed by atoms with E-state index in [9.17, 15) is 0 Å². The van der Waals surface area contributed by atoms with Gasteiger partial charge in [-0.05, 0) is 6.04 Å². The summed E-state index contributed by atoms with van der Waals surface area (Å²) in [5.41, 5.74) is 0. The third-order valence-electron chi connectivity index (χ3n) is 1.33. The van der Waals surface area contributed by atoms with Crippen molar-refractivity contribution in [1.82, 2.24) is 0 Å². The van der Waals surface area contributed by atoms with E-state index in [4.69, 9.17) is 16.5 Å². The van der Waals surface area contributed by atoms with Crippen LogP contribution in [0.3, 0.4) is 0 Å². The second-order valence-electron chi connectivity index (χ2n) is 3.98. The van der Waals surface area contributed by atoms with Gasteiger partial charge in [0.1, 0.15) is 0 Å². The third-order valence-corrected chi connectivity index (χ3v) is 3.19. The zero-order valence-electron chi connectivity index (χ0n) is 10.3. The molecular formula is C9H23ClO4Si. The van der Waals surface area contributed by atoms with Crippen molar-refractivity contribution >= 4 is 19.7 Å². The molecule has 0 heterocycles. The molecule has 4 nitrogen and oxygen atoms in total. The lowest BCUT2D eigenvalue weighted by molar-refractivity contribution is -0.268. The Bertz CT molecular complexity index is 115. The summed E-state index contributed by atoms with van der Waals surface area (Å²) in [4.78, 5) is 17.8. The predicted octanol–water partition coefficient (Wildman–Crippen LogP) is 2.71. The molecule has 0 aliphatic carbocycles. The van der Waals surface area contributed by atoms with Crippen LogP contribution in [0.1, 0.15) is 0 Å². The minimum absolute atomic E-state index is 0.456. The average molecular weight is 259 g/mol. The standard InChI is InChI=1S/C6H16O2Si.C3H7ClO2/c1-7-8-5-6-9(2,3)4;1-5-6-3-2-4/h5-6H2,1-4H3;2-3H2,1H3. The monoisotopic (exact) mass is 258 g/mol. The lowest BCUT2D eigenvalue weighted by Crippen LogP contribution is -2.21. The molecule has 15 heavy (non-hydrogen) atoms. The molecule has 0 saturated carbocycles. The van der Waals surface area contributed by atoms with Crippen LogP contribution in [-0.4, -0.2) is 41.4 Å². The molecule has 0 unspecified atom stereocenters. The first-order chi connectivity index (χ1) is 6.97. The highest BCUT2D eigenvalue weighted by Gasteiger charge is 2.11. The van der Waals surface area contributed by atoms with Gasteiger partial charge in [0, 0.05) is 14.0 Å². The first-order valence-corrected chi connectivity index (χ1v) is 9.09. The van der Waals surface area contributed by atoms with Gasteiger partial charge in [-0.25, -0.2) is 19.6 Å². The van der Waals surface area contributed by atoms with E-state index >= 15 is 0 Å². The average Bonchev–Trinajstić information content (AvgIpc) is 2.14. The maximum Gasteiger partial charge on any atom is 0.0957 e. The number of rotatable bonds is 7. The maximum absolute atomic E-state index is 5.18. The molecular weight excluding hydrogens is 236 g/mol. The van der Waals surface area contributed by atoms with Gasteiger partial charge in [0.15, 0.2) is 0 Å². The van der Waals surface area contributed by atoms with E-state index in [1.807, 2.05) is 0 Å². The summed E-state index contributed by atoms with van der Waals surface area (Å²) < 4.78 is 0. The second-order valence-corrected chi connectivity index (χ2v) is 9.98. The number of halogens is 1. The zero-order chi connectivity index (χ0) is 12.2. The Hall–Kier alpha value is 0.347. The lowest BCUT2D eigenvalue weighted by atomic mass is 10.9. The summed E-state index contributed by atoms with van der Waals surface area (Å²) in [7, 11) is 2.10. The van der Waals surface area contributed by atoms with E-state index in [2.05, 4.69) is 34.3 Å². The van der Waals surface area contributed by atoms with Crippen LogP contribution in [0.4, 0.5) is 0 Å². The second kappa shape index (κ2) is 12.4. The van der Waals surface area contributed by atoms with Gasteiger partial charge < -0.3 is 0 Å². The Morgan fingerprint density at radius 3 is 1.67 bits per heavy atom. The smallest absolute Gasteiger partial charge is 0.0957 e. The topological polar surface area (TPSA) is 36.9 Å². The fourth-order valence-electron chi connectivity index (χ4n) is 0.546. The van der Waals surface area contributed by atoms with Crippen LogP contribution in [-0.2, 0) is 19.6 Å². The molecule has 0 amide bonds. The molecule has 0 aliphatic rings. The van der Waals surface area contributed by atoms with Crippen LogP contribution in [0.25, 0.3) is 0 Å². The molecule has 0 N–H and O–H groups in total. The highest BCUT2D eigenvalue weighted by molar-refractivity contribution is 6.76. The SMILES string of the molecule is COOCCCl.COOCC[Si](C)(C)C. The molecule has 94 valence electrons. The Morgan fingerprint density at radius 1 is 0.933 bits per heavy atom. The fourth-order valence-corrected chi connectivity index (χ4v) is 1.30. The van der Waals surface area contributed by atoms with Crippen molar-refractivity contribution in [3.05, 3.63) is 0 Å². The van der Waals surface area contributed by atoms with Crippen LogP contribution >= 0.6 is 11.6 Å². The molecule has 0 aliphatic heterocycles. The summed E-state index contributed by atoms with van der Waals surface area (Å²) in [5, 5.41) is 0. The Balaban J connectivity index is 0. The Labute approximate surface area is 98.7 Å². The quantitative estimate of drug-likeness (QED) is 0.231. The van der Waals surface area contributed by atoms with E-state index in [1.54, 1.807) is 7.11 Å². The van der Waals surface area contributed by atoms with Crippen molar-refractivity contribution < 1.29 is 19.6 Å². The minimum Gasteiger partial charge on any atom is -0.240 e. The van der Waals surface area contributed by atoms with Gasteiger partial charge in [0.25, 0.3) is 0 Å². The molecule has 0 aromatic rings. The third kappa shape index (κ3) is 25.0. The van der Waals surface area contributed by atoms with Gasteiger partial charge in [0.2, 0.25) is 0 Å². The van der Waals surface area contributed by atoms with Gasteiger partial charge in [-0.15, -0.1) is 11.6 Å². The first-order valence-electron chi connectivity index (χ1n) is 4.85. The normalized spacial score (nSPS) is 10.8. The summed E-state index contributed by atoms with van der Waals surface area (Å²) in [6, 6.07) is 1.17. The lowest BCUT2D eigenvalue weighted by Gasteiger charge is -2.13. The number of alkyl halides is 1. The summed E-state index contributed by atoms with van der Waals surface area (Å²) in [5.74, 6) is 0.480. The highest BCUT2D eigenvalue weighted by atomic mass is 35.5. The van der Waals surface area contributed by atoms with Gasteiger partial charge in [-0.1, -0.05) is 19.6 Å². The van der Waals surface area contributed by atoms with Crippen LogP contribution in [0.5, 0.6) is 0 Å². The maximum atomic E-state index is 5.18. The molecule has 0 rings (SSSR count). The largest absolute Gasteiger partial charge is 0.240 e. The van der Waals surface area contributed by atoms with Crippen LogP contribution < -0.4 is 0 Å². The van der Waals surface area contributed by atoms with E-state index < -0.39 is 8.07 Å². The predicted molar refractivity (Wildman–Crippen MR) is 64.8 cm³/mol. The zero-order valence-corrected chi connectivity index (χ0v) is 12.1. The Kier molecular flexibility index (Phi) is 14.7. The van der Waals surface area contributed by atoms with Crippen LogP contribution in [0.2, 0.25) is 25.7 Å². The van der Waals surface area contributed by atoms with E-state index in [0.29, 0.717) is 12.5 Å². The van der Waals surface area contributed by atoms with E-state index in [1.165, 1.54) is 13.2 Å². The van der Waals surface area contributed by atoms with Crippen molar-refractivity contribution in [1.29, 1.82) is 0 Å². The molecule has 0 aromatic carbocycles.